The molecule has 7 heteroatoms. The predicted octanol–water partition coefficient (Wildman–Crippen LogP) is 1.24. The van der Waals surface area contributed by atoms with Crippen LogP contribution in [0.25, 0.3) is 5.76 Å². The van der Waals surface area contributed by atoms with Gasteiger partial charge >= 0.3 is 0 Å². The molecule has 1 N–H and O–H groups in total. The molecular weight excluding hydrogens is 420 g/mol. The number of likely N-dealkylation sites (tertiary alicyclic amines) is 1. The summed E-state index contributed by atoms with van der Waals surface area (Å²) in [5, 5.41) is 13.4. The van der Waals surface area contributed by atoms with E-state index in [1.807, 2.05) is 6.92 Å². The van der Waals surface area contributed by atoms with Gasteiger partial charge in [0.25, 0.3) is 5.91 Å². The Hall–Kier alpha value is -3.32. The highest BCUT2D eigenvalue weighted by molar-refractivity contribution is 6.46. The van der Waals surface area contributed by atoms with Crippen molar-refractivity contribution in [2.24, 2.45) is 0 Å². The normalized spacial score (nSPS) is 17.6. The number of benzene rings is 2. The Kier molecular flexibility index (Phi) is 8.11. The molecule has 1 unspecified atom stereocenters. The van der Waals surface area contributed by atoms with Crippen LogP contribution in [0.1, 0.15) is 37.9 Å². The molecule has 1 amide bonds. The summed E-state index contributed by atoms with van der Waals surface area (Å²) in [6.45, 7) is 9.39. The zero-order valence-corrected chi connectivity index (χ0v) is 19.7. The number of hydrogen-bond donors (Lipinski definition) is 1. The lowest BCUT2D eigenvalue weighted by Crippen LogP contribution is -3.12. The molecule has 0 aliphatic carbocycles. The van der Waals surface area contributed by atoms with Crippen molar-refractivity contribution in [3.8, 4) is 11.5 Å². The zero-order chi connectivity index (χ0) is 24.0. The summed E-state index contributed by atoms with van der Waals surface area (Å²) in [6, 6.07) is 13.1. The third-order valence-electron chi connectivity index (χ3n) is 6.07. The minimum atomic E-state index is -0.780. The first-order chi connectivity index (χ1) is 16.0. The number of methoxy groups -OCH3 is 1. The van der Waals surface area contributed by atoms with Gasteiger partial charge in [-0.25, -0.2) is 0 Å². The van der Waals surface area contributed by atoms with Gasteiger partial charge in [0.1, 0.15) is 0 Å². The third-order valence-corrected chi connectivity index (χ3v) is 6.07. The van der Waals surface area contributed by atoms with Crippen LogP contribution < -0.4 is 19.5 Å². The minimum absolute atomic E-state index is 0.0213. The maximum absolute atomic E-state index is 13.4. The van der Waals surface area contributed by atoms with Crippen LogP contribution in [0.5, 0.6) is 11.5 Å². The summed E-state index contributed by atoms with van der Waals surface area (Å²) >= 11 is 0. The molecule has 1 saturated heterocycles. The molecular formula is C26H32N2O5. The Labute approximate surface area is 195 Å². The minimum Gasteiger partial charge on any atom is -0.872 e. The largest absolute Gasteiger partial charge is 0.872 e. The summed E-state index contributed by atoms with van der Waals surface area (Å²) in [7, 11) is 1.54. The summed E-state index contributed by atoms with van der Waals surface area (Å²) in [4.78, 5) is 29.0. The molecule has 0 bridgehead atoms. The maximum Gasteiger partial charge on any atom is 0.295 e. The number of Topliss-reactive ketones (excluding diaryl/α,β-unsaturated/α-hetero) is 1. The average Bonchev–Trinajstić information content (AvgIpc) is 3.10. The second-order valence-corrected chi connectivity index (χ2v) is 7.89. The van der Waals surface area contributed by atoms with Crippen molar-refractivity contribution in [2.75, 3.05) is 39.9 Å². The topological polar surface area (TPSA) is 83.3 Å². The highest BCUT2D eigenvalue weighted by Crippen LogP contribution is 2.41. The summed E-state index contributed by atoms with van der Waals surface area (Å²) in [5.41, 5.74) is 1.00. The van der Waals surface area contributed by atoms with Crippen molar-refractivity contribution in [3.05, 3.63) is 65.2 Å². The molecule has 7 nitrogen and oxygen atoms in total. The smallest absolute Gasteiger partial charge is 0.295 e. The van der Waals surface area contributed by atoms with E-state index in [0.29, 0.717) is 42.3 Å². The van der Waals surface area contributed by atoms with E-state index < -0.39 is 23.5 Å². The maximum atomic E-state index is 13.4. The van der Waals surface area contributed by atoms with Gasteiger partial charge in [-0.2, -0.15) is 0 Å². The van der Waals surface area contributed by atoms with Crippen LogP contribution >= 0.6 is 0 Å². The van der Waals surface area contributed by atoms with Crippen molar-refractivity contribution in [1.29, 1.82) is 0 Å². The molecule has 1 aliphatic rings. The zero-order valence-electron chi connectivity index (χ0n) is 19.7. The lowest BCUT2D eigenvalue weighted by Gasteiger charge is -2.29. The lowest BCUT2D eigenvalue weighted by molar-refractivity contribution is -0.895. The van der Waals surface area contributed by atoms with Crippen molar-refractivity contribution in [3.63, 3.8) is 0 Å². The lowest BCUT2D eigenvalue weighted by atomic mass is 9.95. The van der Waals surface area contributed by atoms with Crippen molar-refractivity contribution < 1.29 is 29.1 Å². The first kappa shape index (κ1) is 24.3. The molecule has 1 aliphatic heterocycles. The number of quaternary nitrogens is 1. The number of hydrogen-bond acceptors (Lipinski definition) is 5. The van der Waals surface area contributed by atoms with Crippen LogP contribution in [0.3, 0.4) is 0 Å². The van der Waals surface area contributed by atoms with Crippen molar-refractivity contribution in [2.45, 2.75) is 26.8 Å². The van der Waals surface area contributed by atoms with Crippen molar-refractivity contribution >= 4 is 17.4 Å². The first-order valence-electron chi connectivity index (χ1n) is 11.4. The van der Waals surface area contributed by atoms with E-state index in [1.54, 1.807) is 48.5 Å². The Morgan fingerprint density at radius 2 is 1.73 bits per heavy atom. The van der Waals surface area contributed by atoms with E-state index in [2.05, 4.69) is 13.8 Å². The quantitative estimate of drug-likeness (QED) is 0.333. The highest BCUT2D eigenvalue weighted by atomic mass is 16.5. The molecule has 1 fully saturated rings. The van der Waals surface area contributed by atoms with E-state index in [-0.39, 0.29) is 5.57 Å². The SMILES string of the molecule is CCOc1ccc(C2/C(=C(\[O-])c3ccccc3)C(=O)C(=O)N2CC[NH+](CC)CC)cc1OC. The number of amides is 1. The van der Waals surface area contributed by atoms with E-state index in [9.17, 15) is 14.7 Å². The summed E-state index contributed by atoms with van der Waals surface area (Å²) < 4.78 is 11.1. The molecule has 1 atom stereocenters. The van der Waals surface area contributed by atoms with E-state index in [0.717, 1.165) is 13.1 Å². The molecule has 2 aromatic carbocycles. The van der Waals surface area contributed by atoms with Gasteiger partial charge in [0.2, 0.25) is 5.78 Å². The van der Waals surface area contributed by atoms with Crippen molar-refractivity contribution in [1.82, 2.24) is 4.90 Å². The van der Waals surface area contributed by atoms with Crippen LogP contribution in [-0.4, -0.2) is 56.5 Å². The first-order valence-corrected chi connectivity index (χ1v) is 11.4. The number of rotatable bonds is 10. The van der Waals surface area contributed by atoms with Crippen LogP contribution in [0, 0.1) is 0 Å². The fourth-order valence-corrected chi connectivity index (χ4v) is 4.20. The third kappa shape index (κ3) is 5.03. The number of carbonyl (C=O) groups excluding carboxylic acids is 2. The average molecular weight is 453 g/mol. The Morgan fingerprint density at radius 1 is 1.03 bits per heavy atom. The van der Waals surface area contributed by atoms with E-state index in [4.69, 9.17) is 9.47 Å². The summed E-state index contributed by atoms with van der Waals surface area (Å²) in [6.07, 6.45) is 0. The standard InChI is InChI=1S/C26H32N2O5/c1-5-27(6-2)15-16-28-23(19-13-14-20(33-7-3)21(17-19)32-4)22(25(30)26(28)31)24(29)18-11-9-8-10-12-18/h8-14,17,23,29H,5-7,15-16H2,1-4H3/b24-22+. The monoisotopic (exact) mass is 452 g/mol. The van der Waals surface area contributed by atoms with E-state index in [1.165, 1.54) is 16.9 Å². The number of carbonyl (C=O) groups is 2. The molecule has 3 rings (SSSR count). The Bertz CT molecular complexity index is 1010. The number of likely N-dealkylation sites (N-methyl/N-ethyl adjacent to an activating group) is 1. The molecule has 2 aromatic rings. The molecule has 0 radical (unpaired) electrons. The fourth-order valence-electron chi connectivity index (χ4n) is 4.20. The van der Waals surface area contributed by atoms with Crippen LogP contribution in [0.4, 0.5) is 0 Å². The number of ether oxygens (including phenoxy) is 2. The Balaban J connectivity index is 2.13. The summed E-state index contributed by atoms with van der Waals surface area (Å²) in [5.74, 6) is -0.754. The van der Waals surface area contributed by atoms with Gasteiger partial charge in [-0.15, -0.1) is 0 Å². The number of ketones is 1. The van der Waals surface area contributed by atoms with Gasteiger partial charge in [0.05, 0.1) is 45.9 Å². The molecule has 33 heavy (non-hydrogen) atoms. The second kappa shape index (κ2) is 11.0. The molecule has 0 saturated carbocycles. The predicted molar refractivity (Wildman–Crippen MR) is 124 cm³/mol. The molecule has 0 spiro atoms. The molecule has 0 aromatic heterocycles. The highest BCUT2D eigenvalue weighted by Gasteiger charge is 2.44. The number of nitrogens with zero attached hydrogens (tertiary/aromatic N) is 1. The van der Waals surface area contributed by atoms with E-state index >= 15 is 0 Å². The van der Waals surface area contributed by atoms with Gasteiger partial charge < -0.3 is 24.4 Å². The van der Waals surface area contributed by atoms with Gasteiger partial charge in [0.15, 0.2) is 11.5 Å². The van der Waals surface area contributed by atoms with Crippen LogP contribution in [0.2, 0.25) is 0 Å². The number of nitrogens with one attached hydrogen (secondary N) is 1. The van der Waals surface area contributed by atoms with Crippen LogP contribution in [0.15, 0.2) is 54.1 Å². The fraction of sp³-hybridized carbons (Fsp3) is 0.385. The van der Waals surface area contributed by atoms with Gasteiger partial charge in [-0.05, 0) is 44.0 Å². The second-order valence-electron chi connectivity index (χ2n) is 7.89. The Morgan fingerprint density at radius 3 is 2.33 bits per heavy atom. The molecule has 1 heterocycles. The van der Waals surface area contributed by atoms with Gasteiger partial charge in [0, 0.05) is 5.57 Å². The van der Waals surface area contributed by atoms with Gasteiger partial charge in [-0.1, -0.05) is 42.2 Å². The van der Waals surface area contributed by atoms with Gasteiger partial charge in [-0.3, -0.25) is 9.59 Å². The van der Waals surface area contributed by atoms with Crippen LogP contribution in [-0.2, 0) is 9.59 Å². The molecule has 176 valence electrons.